The molecule has 1 heterocycles. The minimum absolute atomic E-state index is 0.304. The van der Waals surface area contributed by atoms with Gasteiger partial charge in [-0.3, -0.25) is 4.79 Å². The van der Waals surface area contributed by atoms with Gasteiger partial charge in [0.05, 0.1) is 11.6 Å². The van der Waals surface area contributed by atoms with Crippen molar-refractivity contribution in [2.75, 3.05) is 16.8 Å². The number of anilines is 2. The van der Waals surface area contributed by atoms with E-state index in [1.807, 2.05) is 18.2 Å². The van der Waals surface area contributed by atoms with Crippen molar-refractivity contribution < 1.29 is 4.79 Å². The molecule has 0 atom stereocenters. The van der Waals surface area contributed by atoms with Crippen LogP contribution in [0.3, 0.4) is 0 Å². The lowest BCUT2D eigenvalue weighted by Crippen LogP contribution is -2.25. The second kappa shape index (κ2) is 8.78. The molecule has 6 nitrogen and oxygen atoms in total. The summed E-state index contributed by atoms with van der Waals surface area (Å²) in [6.45, 7) is 5.28. The molecule has 140 valence electrons. The Hall–Kier alpha value is -3.72. The predicted molar refractivity (Wildman–Crippen MR) is 109 cm³/mol. The molecule has 3 rings (SSSR count). The third-order valence-corrected chi connectivity index (χ3v) is 4.25. The van der Waals surface area contributed by atoms with E-state index < -0.39 is 0 Å². The van der Waals surface area contributed by atoms with Crippen LogP contribution in [0.25, 0.3) is 0 Å². The summed E-state index contributed by atoms with van der Waals surface area (Å²) in [7, 11) is 0. The maximum atomic E-state index is 12.7. The fourth-order valence-electron chi connectivity index (χ4n) is 2.81. The zero-order valence-corrected chi connectivity index (χ0v) is 15.9. The summed E-state index contributed by atoms with van der Waals surface area (Å²) in [6, 6.07) is 20.6. The first-order chi connectivity index (χ1) is 13.6. The van der Waals surface area contributed by atoms with Crippen LogP contribution in [0.1, 0.15) is 34.4 Å². The zero-order valence-electron chi connectivity index (χ0n) is 15.9. The van der Waals surface area contributed by atoms with Crippen molar-refractivity contribution >= 4 is 17.4 Å². The first kappa shape index (κ1) is 19.1. The Balaban J connectivity index is 1.81. The quantitative estimate of drug-likeness (QED) is 0.710. The minimum Gasteiger partial charge on any atom is -0.352 e. The van der Waals surface area contributed by atoms with Gasteiger partial charge < -0.3 is 10.2 Å². The number of benzene rings is 2. The van der Waals surface area contributed by atoms with Crippen LogP contribution in [-0.4, -0.2) is 22.4 Å². The van der Waals surface area contributed by atoms with E-state index in [2.05, 4.69) is 45.3 Å². The Morgan fingerprint density at radius 1 is 1.11 bits per heavy atom. The molecule has 6 heteroatoms. The van der Waals surface area contributed by atoms with Crippen molar-refractivity contribution in [1.82, 2.24) is 9.97 Å². The smallest absolute Gasteiger partial charge is 0.274 e. The number of rotatable bonds is 6. The molecule has 0 radical (unpaired) electrons. The zero-order chi connectivity index (χ0) is 19.9. The van der Waals surface area contributed by atoms with Crippen molar-refractivity contribution in [1.29, 1.82) is 5.26 Å². The van der Waals surface area contributed by atoms with Crippen LogP contribution in [-0.2, 0) is 6.54 Å². The van der Waals surface area contributed by atoms with Gasteiger partial charge in [0.15, 0.2) is 0 Å². The van der Waals surface area contributed by atoms with Gasteiger partial charge in [-0.05, 0) is 43.7 Å². The van der Waals surface area contributed by atoms with Crippen LogP contribution >= 0.6 is 0 Å². The number of carbonyl (C=O) groups excluding carboxylic acids is 1. The molecule has 0 aliphatic carbocycles. The largest absolute Gasteiger partial charge is 0.352 e. The maximum Gasteiger partial charge on any atom is 0.274 e. The standard InChI is InChI=1S/C22H21N5O/c1-3-27(15-18-7-5-4-6-8-18)21-13-20(24-16(2)25-21)22(28)26-19-11-9-17(14-23)10-12-19/h4-13H,3,15H2,1-2H3,(H,26,28). The van der Waals surface area contributed by atoms with Gasteiger partial charge in [0.25, 0.3) is 5.91 Å². The summed E-state index contributed by atoms with van der Waals surface area (Å²) in [5.74, 6) is 0.935. The molecular formula is C22H21N5O. The fraction of sp³-hybridized carbons (Fsp3) is 0.182. The average molecular weight is 371 g/mol. The summed E-state index contributed by atoms with van der Waals surface area (Å²) >= 11 is 0. The number of amides is 1. The average Bonchev–Trinajstić information content (AvgIpc) is 2.72. The Bertz CT molecular complexity index is 994. The van der Waals surface area contributed by atoms with Gasteiger partial charge >= 0.3 is 0 Å². The highest BCUT2D eigenvalue weighted by Crippen LogP contribution is 2.17. The van der Waals surface area contributed by atoms with E-state index in [1.54, 1.807) is 37.3 Å². The van der Waals surface area contributed by atoms with Crippen LogP contribution in [0.2, 0.25) is 0 Å². The van der Waals surface area contributed by atoms with Gasteiger partial charge in [-0.2, -0.15) is 5.26 Å². The highest BCUT2D eigenvalue weighted by molar-refractivity contribution is 6.03. The maximum absolute atomic E-state index is 12.7. The number of nitrogens with one attached hydrogen (secondary N) is 1. The Morgan fingerprint density at radius 2 is 1.82 bits per heavy atom. The molecular weight excluding hydrogens is 350 g/mol. The van der Waals surface area contributed by atoms with Crippen molar-refractivity contribution in [3.8, 4) is 6.07 Å². The van der Waals surface area contributed by atoms with E-state index in [1.165, 1.54) is 5.56 Å². The predicted octanol–water partition coefficient (Wildman–Crippen LogP) is 3.94. The Kier molecular flexibility index (Phi) is 5.97. The molecule has 0 fully saturated rings. The molecule has 0 saturated carbocycles. The van der Waals surface area contributed by atoms with E-state index in [9.17, 15) is 4.79 Å². The molecule has 0 spiro atoms. The van der Waals surface area contributed by atoms with E-state index >= 15 is 0 Å². The lowest BCUT2D eigenvalue weighted by molar-refractivity contribution is 0.102. The first-order valence-electron chi connectivity index (χ1n) is 9.05. The molecule has 1 amide bonds. The first-order valence-corrected chi connectivity index (χ1v) is 9.05. The van der Waals surface area contributed by atoms with Crippen molar-refractivity contribution in [2.45, 2.75) is 20.4 Å². The molecule has 2 aromatic carbocycles. The normalized spacial score (nSPS) is 10.2. The summed E-state index contributed by atoms with van der Waals surface area (Å²) < 4.78 is 0. The topological polar surface area (TPSA) is 81.9 Å². The lowest BCUT2D eigenvalue weighted by Gasteiger charge is -2.22. The van der Waals surface area contributed by atoms with E-state index in [0.29, 0.717) is 35.1 Å². The highest BCUT2D eigenvalue weighted by Gasteiger charge is 2.14. The van der Waals surface area contributed by atoms with Crippen LogP contribution in [0.4, 0.5) is 11.5 Å². The number of hydrogen-bond donors (Lipinski definition) is 1. The van der Waals surface area contributed by atoms with Crippen LogP contribution in [0.15, 0.2) is 60.7 Å². The number of aromatic nitrogens is 2. The van der Waals surface area contributed by atoms with Gasteiger partial charge in [-0.25, -0.2) is 9.97 Å². The summed E-state index contributed by atoms with van der Waals surface area (Å²) in [5, 5.41) is 11.7. The number of aryl methyl sites for hydroxylation is 1. The number of carbonyl (C=O) groups is 1. The second-order valence-electron chi connectivity index (χ2n) is 6.30. The molecule has 0 bridgehead atoms. The third-order valence-electron chi connectivity index (χ3n) is 4.25. The van der Waals surface area contributed by atoms with Crippen LogP contribution < -0.4 is 10.2 Å². The van der Waals surface area contributed by atoms with Crippen LogP contribution in [0.5, 0.6) is 0 Å². The number of nitrogens with zero attached hydrogens (tertiary/aromatic N) is 4. The summed E-state index contributed by atoms with van der Waals surface area (Å²) in [4.78, 5) is 23.6. The second-order valence-corrected chi connectivity index (χ2v) is 6.30. The van der Waals surface area contributed by atoms with Crippen molar-refractivity contribution in [2.24, 2.45) is 0 Å². The molecule has 1 N–H and O–H groups in total. The van der Waals surface area contributed by atoms with Gasteiger partial charge in [0.2, 0.25) is 0 Å². The van der Waals surface area contributed by atoms with Crippen molar-refractivity contribution in [3.63, 3.8) is 0 Å². The van der Waals surface area contributed by atoms with Gasteiger partial charge in [-0.15, -0.1) is 0 Å². The van der Waals surface area contributed by atoms with Gasteiger partial charge in [0, 0.05) is 24.8 Å². The van der Waals surface area contributed by atoms with E-state index in [-0.39, 0.29) is 5.91 Å². The highest BCUT2D eigenvalue weighted by atomic mass is 16.1. The molecule has 0 aliphatic heterocycles. The monoisotopic (exact) mass is 371 g/mol. The van der Waals surface area contributed by atoms with Gasteiger partial charge in [0.1, 0.15) is 17.3 Å². The Labute approximate surface area is 164 Å². The summed E-state index contributed by atoms with van der Waals surface area (Å²) in [5.41, 5.74) is 2.62. The lowest BCUT2D eigenvalue weighted by atomic mass is 10.2. The van der Waals surface area contributed by atoms with Crippen molar-refractivity contribution in [3.05, 3.63) is 83.3 Å². The van der Waals surface area contributed by atoms with E-state index in [0.717, 1.165) is 6.54 Å². The Morgan fingerprint density at radius 3 is 2.46 bits per heavy atom. The van der Waals surface area contributed by atoms with Crippen LogP contribution in [0, 0.1) is 18.3 Å². The molecule has 3 aromatic rings. The molecule has 0 saturated heterocycles. The third kappa shape index (κ3) is 4.71. The SMILES string of the molecule is CCN(Cc1ccccc1)c1cc(C(=O)Nc2ccc(C#N)cc2)nc(C)n1. The molecule has 0 aliphatic rings. The summed E-state index contributed by atoms with van der Waals surface area (Å²) in [6.07, 6.45) is 0. The number of hydrogen-bond acceptors (Lipinski definition) is 5. The minimum atomic E-state index is -0.313. The molecule has 0 unspecified atom stereocenters. The fourth-order valence-corrected chi connectivity index (χ4v) is 2.81. The van der Waals surface area contributed by atoms with Gasteiger partial charge in [-0.1, -0.05) is 30.3 Å². The molecule has 1 aromatic heterocycles. The molecule has 28 heavy (non-hydrogen) atoms. The number of nitriles is 1. The van der Waals surface area contributed by atoms with E-state index in [4.69, 9.17) is 5.26 Å².